The lowest BCUT2D eigenvalue weighted by molar-refractivity contribution is 0.594. The SMILES string of the molecule is [2H]c1nc(-c2ccccc3ccc(C)nc3oc2)c([2H])c([2H])c1C([2H])([2H])[2H]. The first-order valence-corrected chi connectivity index (χ1v) is 6.36. The van der Waals surface area contributed by atoms with Crippen molar-refractivity contribution in [1.82, 2.24) is 9.97 Å². The fourth-order valence-corrected chi connectivity index (χ4v) is 1.80. The first-order chi connectivity index (χ1) is 12.7. The normalized spacial score (nSPS) is 15.1. The Morgan fingerprint density at radius 1 is 1.14 bits per heavy atom. The van der Waals surface area contributed by atoms with Gasteiger partial charge in [0.2, 0.25) is 5.71 Å². The van der Waals surface area contributed by atoms with Gasteiger partial charge >= 0.3 is 0 Å². The second kappa shape index (κ2) is 5.75. The van der Waals surface area contributed by atoms with Crippen molar-refractivity contribution in [2.24, 2.45) is 0 Å². The minimum absolute atomic E-state index is 0.00115. The zero-order chi connectivity index (χ0) is 19.8. The van der Waals surface area contributed by atoms with Crippen molar-refractivity contribution >= 4 is 11.1 Å². The molecule has 0 spiro atoms. The van der Waals surface area contributed by atoms with Gasteiger partial charge in [0.25, 0.3) is 0 Å². The van der Waals surface area contributed by atoms with E-state index in [0.29, 0.717) is 11.3 Å². The van der Waals surface area contributed by atoms with E-state index < -0.39 is 24.6 Å². The minimum Gasteiger partial charge on any atom is -0.445 e. The van der Waals surface area contributed by atoms with Crippen LogP contribution in [0.15, 0.2) is 65.3 Å². The molecule has 0 aliphatic heterocycles. The van der Waals surface area contributed by atoms with Gasteiger partial charge < -0.3 is 4.42 Å². The highest BCUT2D eigenvalue weighted by Crippen LogP contribution is 2.17. The summed E-state index contributed by atoms with van der Waals surface area (Å²) in [7, 11) is 0. The Hall–Kier alpha value is -2.68. The number of aryl methyl sites for hydroxylation is 1. The average Bonchev–Trinajstić information content (AvgIpc) is 2.67. The molecule has 0 saturated heterocycles. The molecule has 0 N–H and O–H groups in total. The van der Waals surface area contributed by atoms with Crippen LogP contribution in [0.1, 0.15) is 19.5 Å². The van der Waals surface area contributed by atoms with E-state index in [1.807, 2.05) is 25.1 Å². The largest absolute Gasteiger partial charge is 0.445 e. The number of nitrogens with zero attached hydrogens (tertiary/aromatic N) is 2. The molecule has 0 atom stereocenters. The van der Waals surface area contributed by atoms with Crippen LogP contribution in [0.5, 0.6) is 0 Å². The molecule has 0 aromatic carbocycles. The number of hydrogen-bond acceptors (Lipinski definition) is 3. The molecule has 0 unspecified atom stereocenters. The number of hydrogen-bond donors (Lipinski definition) is 0. The molecular weight excluding hydrogens is 260 g/mol. The number of aromatic nitrogens is 2. The molecule has 0 aliphatic rings. The Labute approximate surface area is 132 Å². The summed E-state index contributed by atoms with van der Waals surface area (Å²) in [5.41, 5.74) is 0.939. The van der Waals surface area contributed by atoms with E-state index in [1.54, 1.807) is 18.2 Å². The van der Waals surface area contributed by atoms with Gasteiger partial charge in [0.15, 0.2) is 0 Å². The van der Waals surface area contributed by atoms with Gasteiger partial charge in [0.1, 0.15) is 6.26 Å². The van der Waals surface area contributed by atoms with Crippen molar-refractivity contribution in [2.75, 3.05) is 0 Å². The fourth-order valence-electron chi connectivity index (χ4n) is 1.80. The van der Waals surface area contributed by atoms with Crippen molar-refractivity contribution in [3.63, 3.8) is 0 Å². The van der Waals surface area contributed by atoms with Crippen molar-refractivity contribution in [2.45, 2.75) is 13.8 Å². The molecule has 0 fully saturated rings. The molecule has 0 radical (unpaired) electrons. The fraction of sp³-hybridized carbons (Fsp3) is 0.111. The molecule has 0 aliphatic carbocycles. The van der Waals surface area contributed by atoms with E-state index in [0.717, 1.165) is 11.1 Å². The quantitative estimate of drug-likeness (QED) is 0.653. The molecule has 3 rings (SSSR count). The van der Waals surface area contributed by atoms with Gasteiger partial charge in [-0.25, -0.2) is 4.98 Å². The van der Waals surface area contributed by atoms with Crippen molar-refractivity contribution in [3.8, 4) is 11.3 Å². The lowest BCUT2D eigenvalue weighted by atomic mass is 10.2. The molecule has 3 heteroatoms. The maximum Gasteiger partial charge on any atom is 0.225 e. The van der Waals surface area contributed by atoms with E-state index in [2.05, 4.69) is 9.97 Å². The maximum absolute atomic E-state index is 8.16. The predicted octanol–water partition coefficient (Wildman–Crippen LogP) is 4.63. The zero-order valence-corrected chi connectivity index (χ0v) is 11.3. The zero-order valence-electron chi connectivity index (χ0n) is 17.3. The minimum atomic E-state index is -2.68. The van der Waals surface area contributed by atoms with E-state index in [4.69, 9.17) is 12.6 Å². The summed E-state index contributed by atoms with van der Waals surface area (Å²) < 4.78 is 52.1. The van der Waals surface area contributed by atoms with Crippen LogP contribution in [0.3, 0.4) is 0 Å². The molecule has 3 aromatic heterocycles. The average molecular weight is 282 g/mol. The first-order valence-electron chi connectivity index (χ1n) is 9.36. The molecular formula is C18H16N2O. The summed E-state index contributed by atoms with van der Waals surface area (Å²) in [5.74, 6) is 0. The summed E-state index contributed by atoms with van der Waals surface area (Å²) in [6, 6.07) is 9.70. The molecule has 3 heterocycles. The lowest BCUT2D eigenvalue weighted by Crippen LogP contribution is -1.82. The monoisotopic (exact) mass is 282 g/mol. The maximum atomic E-state index is 8.16. The topological polar surface area (TPSA) is 38.9 Å². The highest BCUT2D eigenvalue weighted by atomic mass is 16.3. The molecule has 0 amide bonds. The van der Waals surface area contributed by atoms with Gasteiger partial charge in [-0.3, -0.25) is 4.98 Å². The Balaban J connectivity index is 2.27. The van der Waals surface area contributed by atoms with Gasteiger partial charge in [-0.2, -0.15) is 0 Å². The third-order valence-corrected chi connectivity index (χ3v) is 2.85. The van der Waals surface area contributed by atoms with Crippen LogP contribution in [0.2, 0.25) is 0 Å². The van der Waals surface area contributed by atoms with Crippen LogP contribution >= 0.6 is 0 Å². The second-order valence-corrected chi connectivity index (χ2v) is 4.45. The van der Waals surface area contributed by atoms with E-state index in [9.17, 15) is 0 Å². The first kappa shape index (κ1) is 7.93. The van der Waals surface area contributed by atoms with Crippen LogP contribution in [-0.4, -0.2) is 9.97 Å². The van der Waals surface area contributed by atoms with Crippen molar-refractivity contribution in [1.29, 1.82) is 0 Å². The van der Waals surface area contributed by atoms with Gasteiger partial charge in [0, 0.05) is 26.9 Å². The Morgan fingerprint density at radius 3 is 2.95 bits per heavy atom. The number of rotatable bonds is 1. The third-order valence-electron chi connectivity index (χ3n) is 2.85. The predicted molar refractivity (Wildman–Crippen MR) is 84.3 cm³/mol. The molecule has 104 valence electrons. The summed E-state index contributed by atoms with van der Waals surface area (Å²) >= 11 is 0. The van der Waals surface area contributed by atoms with Crippen LogP contribution in [-0.2, 0) is 0 Å². The summed E-state index contributed by atoms with van der Waals surface area (Å²) in [5, 5.41) is 0.766. The molecule has 3 nitrogen and oxygen atoms in total. The van der Waals surface area contributed by atoms with Gasteiger partial charge in [-0.05, 0) is 49.6 Å². The third kappa shape index (κ3) is 3.08. The Kier molecular flexibility index (Phi) is 2.17. The summed E-state index contributed by atoms with van der Waals surface area (Å²) in [6.45, 7) is -0.851. The molecule has 0 bridgehead atoms. The lowest BCUT2D eigenvalue weighted by Gasteiger charge is -1.98. The van der Waals surface area contributed by atoms with Gasteiger partial charge in [0.05, 0.1) is 9.81 Å². The number of fused-ring (bicyclic) bond motifs is 1. The number of pyridine rings is 2. The highest BCUT2D eigenvalue weighted by molar-refractivity contribution is 5.72. The molecule has 0 saturated carbocycles. The van der Waals surface area contributed by atoms with Crippen molar-refractivity contribution < 1.29 is 12.6 Å². The van der Waals surface area contributed by atoms with Gasteiger partial charge in [-0.15, -0.1) is 0 Å². The Morgan fingerprint density at radius 2 is 2.05 bits per heavy atom. The van der Waals surface area contributed by atoms with Gasteiger partial charge in [-0.1, -0.05) is 18.2 Å². The summed E-state index contributed by atoms with van der Waals surface area (Å²) in [4.78, 5) is 8.28. The van der Waals surface area contributed by atoms with E-state index in [1.165, 1.54) is 6.26 Å². The van der Waals surface area contributed by atoms with E-state index >= 15 is 0 Å². The van der Waals surface area contributed by atoms with Crippen molar-refractivity contribution in [3.05, 3.63) is 72.2 Å². The standard InChI is InChI=1S/C18H16N2O/c1-13-7-10-17(19-11-13)16-6-4-3-5-15-9-8-14(2)20-18(15)21-12-16/h3-12H,1-2H3/i1D3,7D,10D,11D. The van der Waals surface area contributed by atoms with Crippen LogP contribution in [0.25, 0.3) is 22.4 Å². The smallest absolute Gasteiger partial charge is 0.225 e. The second-order valence-electron chi connectivity index (χ2n) is 4.45. The molecule has 3 aromatic rings. The van der Waals surface area contributed by atoms with Crippen LogP contribution in [0, 0.1) is 13.8 Å². The summed E-state index contributed by atoms with van der Waals surface area (Å²) in [6.07, 6.45) is 0.785. The van der Waals surface area contributed by atoms with E-state index in [-0.39, 0.29) is 11.7 Å². The van der Waals surface area contributed by atoms with Crippen LogP contribution in [0.4, 0.5) is 0 Å². The Bertz CT molecular complexity index is 1070. The molecule has 21 heavy (non-hydrogen) atoms. The van der Waals surface area contributed by atoms with Crippen LogP contribution < -0.4 is 0 Å². The highest BCUT2D eigenvalue weighted by Gasteiger charge is 1.98.